The molecule has 0 aliphatic rings. The van der Waals surface area contributed by atoms with E-state index in [1.165, 1.54) is 0 Å². The number of phosphoric ester groups is 1. The molecule has 0 spiro atoms. The third-order valence-electron chi connectivity index (χ3n) is 3.13. The summed E-state index contributed by atoms with van der Waals surface area (Å²) in [5.41, 5.74) is 0.670. The summed E-state index contributed by atoms with van der Waals surface area (Å²) >= 11 is 0. The fourth-order valence-corrected chi connectivity index (χ4v) is 2.30. The minimum absolute atomic E-state index is 0.312. The Morgan fingerprint density at radius 2 is 1.91 bits per heavy atom. The van der Waals surface area contributed by atoms with E-state index in [4.69, 9.17) is 14.5 Å². The van der Waals surface area contributed by atoms with E-state index in [-0.39, 0.29) is 6.61 Å². The van der Waals surface area contributed by atoms with E-state index in [9.17, 15) is 9.36 Å². The Hall–Kier alpha value is -1.40. The summed E-state index contributed by atoms with van der Waals surface area (Å²) in [4.78, 5) is 29.4. The summed E-state index contributed by atoms with van der Waals surface area (Å²) in [6.07, 6.45) is 3.34. The van der Waals surface area contributed by atoms with Crippen molar-refractivity contribution in [1.29, 1.82) is 0 Å². The van der Waals surface area contributed by atoms with Gasteiger partial charge in [0.1, 0.15) is 0 Å². The van der Waals surface area contributed by atoms with Gasteiger partial charge >= 0.3 is 13.9 Å². The number of amides is 1. The lowest BCUT2D eigenvalue weighted by atomic mass is 10.1. The van der Waals surface area contributed by atoms with Gasteiger partial charge in [-0.05, 0) is 12.0 Å². The molecular formula is C15H24NO6P. The van der Waals surface area contributed by atoms with E-state index < -0.39 is 20.0 Å². The predicted molar refractivity (Wildman–Crippen MR) is 85.8 cm³/mol. The van der Waals surface area contributed by atoms with Crippen molar-refractivity contribution >= 4 is 13.9 Å². The molecular weight excluding hydrogens is 321 g/mol. The molecule has 0 saturated carbocycles. The summed E-state index contributed by atoms with van der Waals surface area (Å²) in [5, 5.41) is 2.57. The predicted octanol–water partition coefficient (Wildman–Crippen LogP) is 3.14. The maximum Gasteiger partial charge on any atom is 0.469 e. The maximum absolute atomic E-state index is 11.8. The molecule has 0 unspecified atom stereocenters. The Morgan fingerprint density at radius 3 is 2.52 bits per heavy atom. The van der Waals surface area contributed by atoms with Crippen LogP contribution in [-0.4, -0.2) is 29.1 Å². The molecule has 7 nitrogen and oxygen atoms in total. The number of alkyl carbamates (subject to hydrolysis) is 1. The monoisotopic (exact) mass is 345 g/mol. The van der Waals surface area contributed by atoms with Crippen LogP contribution >= 0.6 is 7.82 Å². The van der Waals surface area contributed by atoms with E-state index in [1.54, 1.807) is 30.3 Å². The minimum Gasteiger partial charge on any atom is -0.450 e. The first-order chi connectivity index (χ1) is 10.9. The molecule has 1 atom stereocenters. The van der Waals surface area contributed by atoms with Gasteiger partial charge in [-0.1, -0.05) is 56.5 Å². The van der Waals surface area contributed by atoms with Gasteiger partial charge in [0.15, 0.2) is 0 Å². The van der Waals surface area contributed by atoms with Crippen LogP contribution in [-0.2, 0) is 13.8 Å². The molecule has 8 heteroatoms. The number of hydrogen-bond donors (Lipinski definition) is 3. The van der Waals surface area contributed by atoms with Crippen LogP contribution in [0.3, 0.4) is 0 Å². The van der Waals surface area contributed by atoms with Gasteiger partial charge in [-0.25, -0.2) is 9.36 Å². The number of phosphoric acid groups is 1. The number of carbonyl (C=O) groups is 1. The molecule has 0 radical (unpaired) electrons. The second-order valence-electron chi connectivity index (χ2n) is 5.09. The quantitative estimate of drug-likeness (QED) is 0.444. The van der Waals surface area contributed by atoms with E-state index in [2.05, 4.69) is 16.8 Å². The van der Waals surface area contributed by atoms with Crippen LogP contribution in [0.25, 0.3) is 0 Å². The van der Waals surface area contributed by atoms with Crippen LogP contribution in [0.5, 0.6) is 0 Å². The van der Waals surface area contributed by atoms with Gasteiger partial charge in [0.2, 0.25) is 0 Å². The van der Waals surface area contributed by atoms with Gasteiger partial charge in [0, 0.05) is 0 Å². The van der Waals surface area contributed by atoms with E-state index in [0.717, 1.165) is 25.7 Å². The Labute approximate surface area is 136 Å². The molecule has 0 aromatic heterocycles. The molecule has 3 N–H and O–H groups in total. The Morgan fingerprint density at radius 1 is 1.22 bits per heavy atom. The molecule has 0 saturated heterocycles. The summed E-state index contributed by atoms with van der Waals surface area (Å²) in [5.74, 6) is 0. The number of rotatable bonds is 10. The van der Waals surface area contributed by atoms with E-state index in [1.807, 2.05) is 0 Å². The molecule has 1 aromatic carbocycles. The zero-order valence-corrected chi connectivity index (χ0v) is 14.1. The lowest BCUT2D eigenvalue weighted by molar-refractivity contribution is 0.129. The Balaban J connectivity index is 2.52. The SMILES string of the molecule is CCCCCCOC(=O)N[C@H](COP(=O)(O)O)c1ccccc1. The zero-order chi connectivity index (χ0) is 17.1. The van der Waals surface area contributed by atoms with Crippen molar-refractivity contribution in [2.24, 2.45) is 0 Å². The molecule has 1 aromatic rings. The molecule has 0 heterocycles. The highest BCUT2D eigenvalue weighted by Gasteiger charge is 2.21. The molecule has 1 rings (SSSR count). The minimum atomic E-state index is -4.61. The first-order valence-electron chi connectivity index (χ1n) is 7.60. The van der Waals surface area contributed by atoms with Crippen molar-refractivity contribution in [3.05, 3.63) is 35.9 Å². The third-order valence-corrected chi connectivity index (χ3v) is 3.62. The molecule has 0 fully saturated rings. The van der Waals surface area contributed by atoms with Crippen LogP contribution in [0, 0.1) is 0 Å². The molecule has 1 amide bonds. The number of carbonyl (C=O) groups excluding carboxylic acids is 1. The molecule has 0 aliphatic heterocycles. The van der Waals surface area contributed by atoms with E-state index in [0.29, 0.717) is 12.2 Å². The highest BCUT2D eigenvalue weighted by Crippen LogP contribution is 2.37. The zero-order valence-electron chi connectivity index (χ0n) is 13.2. The number of hydrogen-bond acceptors (Lipinski definition) is 4. The average molecular weight is 345 g/mol. The Bertz CT molecular complexity index is 504. The molecule has 0 bridgehead atoms. The third kappa shape index (κ3) is 9.36. The lowest BCUT2D eigenvalue weighted by Crippen LogP contribution is -2.32. The second kappa shape index (κ2) is 10.4. The van der Waals surface area contributed by atoms with Gasteiger partial charge in [-0.2, -0.15) is 0 Å². The molecule has 0 aliphatic carbocycles. The largest absolute Gasteiger partial charge is 0.469 e. The van der Waals surface area contributed by atoms with Crippen LogP contribution in [0.1, 0.15) is 44.2 Å². The van der Waals surface area contributed by atoms with Crippen LogP contribution in [0.15, 0.2) is 30.3 Å². The average Bonchev–Trinajstić information content (AvgIpc) is 2.51. The normalized spacial score (nSPS) is 12.7. The van der Waals surface area contributed by atoms with Crippen molar-refractivity contribution in [3.63, 3.8) is 0 Å². The number of unbranched alkanes of at least 4 members (excludes halogenated alkanes) is 3. The second-order valence-corrected chi connectivity index (χ2v) is 6.33. The maximum atomic E-state index is 11.8. The summed E-state index contributed by atoms with van der Waals surface area (Å²) in [7, 11) is -4.61. The van der Waals surface area contributed by atoms with Crippen molar-refractivity contribution in [1.82, 2.24) is 5.32 Å². The van der Waals surface area contributed by atoms with Gasteiger partial charge in [-0.15, -0.1) is 0 Å². The first kappa shape index (κ1) is 19.6. The smallest absolute Gasteiger partial charge is 0.450 e. The van der Waals surface area contributed by atoms with Crippen molar-refractivity contribution in [2.75, 3.05) is 13.2 Å². The standard InChI is InChI=1S/C15H24NO6P/c1-2-3-4-8-11-21-15(17)16-14(12-22-23(18,19)20)13-9-6-5-7-10-13/h5-7,9-10,14H,2-4,8,11-12H2,1H3,(H,16,17)(H2,18,19,20)/t14-/m1/s1. The van der Waals surface area contributed by atoms with Crippen LogP contribution < -0.4 is 5.32 Å². The van der Waals surface area contributed by atoms with Gasteiger partial charge < -0.3 is 19.8 Å². The Kier molecular flexibility index (Phi) is 8.87. The van der Waals surface area contributed by atoms with Crippen LogP contribution in [0.2, 0.25) is 0 Å². The van der Waals surface area contributed by atoms with Gasteiger partial charge in [0.05, 0.1) is 19.3 Å². The van der Waals surface area contributed by atoms with E-state index >= 15 is 0 Å². The fourth-order valence-electron chi connectivity index (χ4n) is 1.96. The van der Waals surface area contributed by atoms with Crippen LogP contribution in [0.4, 0.5) is 4.79 Å². The van der Waals surface area contributed by atoms with Crippen molar-refractivity contribution in [3.8, 4) is 0 Å². The highest BCUT2D eigenvalue weighted by molar-refractivity contribution is 7.46. The summed E-state index contributed by atoms with van der Waals surface area (Å²) in [6.45, 7) is 2.06. The number of nitrogens with one attached hydrogen (secondary N) is 1. The van der Waals surface area contributed by atoms with Gasteiger partial charge in [-0.3, -0.25) is 4.52 Å². The molecule has 23 heavy (non-hydrogen) atoms. The van der Waals surface area contributed by atoms with Crippen molar-refractivity contribution in [2.45, 2.75) is 38.6 Å². The topological polar surface area (TPSA) is 105 Å². The lowest BCUT2D eigenvalue weighted by Gasteiger charge is -2.19. The first-order valence-corrected chi connectivity index (χ1v) is 9.13. The molecule has 130 valence electrons. The van der Waals surface area contributed by atoms with Gasteiger partial charge in [0.25, 0.3) is 0 Å². The number of benzene rings is 1. The summed E-state index contributed by atoms with van der Waals surface area (Å²) < 4.78 is 20.4. The van der Waals surface area contributed by atoms with Crippen molar-refractivity contribution < 1.29 is 28.4 Å². The summed E-state index contributed by atoms with van der Waals surface area (Å²) in [6, 6.07) is 8.09. The highest BCUT2D eigenvalue weighted by atomic mass is 31.2. The number of ether oxygens (including phenoxy) is 1. The fraction of sp³-hybridized carbons (Fsp3) is 0.533.